The molecule has 0 heterocycles. The minimum Gasteiger partial charge on any atom is -0.493 e. The van der Waals surface area contributed by atoms with Crippen molar-refractivity contribution in [1.82, 2.24) is 0 Å². The monoisotopic (exact) mass is 397 g/mol. The quantitative estimate of drug-likeness (QED) is 0.783. The summed E-state index contributed by atoms with van der Waals surface area (Å²) in [5.74, 6) is 0.944. The van der Waals surface area contributed by atoms with Crippen LogP contribution in [0.3, 0.4) is 0 Å². The Hall–Kier alpha value is -1.76. The zero-order chi connectivity index (χ0) is 15.2. The third kappa shape index (κ3) is 4.35. The van der Waals surface area contributed by atoms with Gasteiger partial charge in [0.25, 0.3) is 5.91 Å². The van der Waals surface area contributed by atoms with Crippen LogP contribution in [0.15, 0.2) is 48.5 Å². The standard InChI is InChI=1S/C16H16INO3/c1-11(21-15-9-4-3-8-14(15)20-2)16(19)18-13-7-5-6-12(17)10-13/h3-11H,1-2H3,(H,18,19). The number of halogens is 1. The Labute approximate surface area is 137 Å². The van der Waals surface area contributed by atoms with E-state index in [9.17, 15) is 4.79 Å². The highest BCUT2D eigenvalue weighted by molar-refractivity contribution is 14.1. The van der Waals surface area contributed by atoms with E-state index in [0.717, 1.165) is 9.26 Å². The van der Waals surface area contributed by atoms with Crippen LogP contribution in [-0.4, -0.2) is 19.1 Å². The van der Waals surface area contributed by atoms with Gasteiger partial charge in [0.2, 0.25) is 0 Å². The predicted molar refractivity (Wildman–Crippen MR) is 90.9 cm³/mol. The lowest BCUT2D eigenvalue weighted by Gasteiger charge is -2.16. The number of amides is 1. The van der Waals surface area contributed by atoms with E-state index in [1.54, 1.807) is 26.2 Å². The van der Waals surface area contributed by atoms with E-state index in [2.05, 4.69) is 27.9 Å². The number of carbonyl (C=O) groups is 1. The van der Waals surface area contributed by atoms with E-state index < -0.39 is 6.10 Å². The van der Waals surface area contributed by atoms with Gasteiger partial charge < -0.3 is 14.8 Å². The number of carbonyl (C=O) groups excluding carboxylic acids is 1. The van der Waals surface area contributed by atoms with Crippen molar-refractivity contribution in [2.24, 2.45) is 0 Å². The first-order valence-corrected chi connectivity index (χ1v) is 7.54. The van der Waals surface area contributed by atoms with E-state index in [1.165, 1.54) is 0 Å². The molecule has 1 N–H and O–H groups in total. The van der Waals surface area contributed by atoms with E-state index in [1.807, 2.05) is 36.4 Å². The normalized spacial score (nSPS) is 11.6. The van der Waals surface area contributed by atoms with Crippen molar-refractivity contribution in [3.8, 4) is 11.5 Å². The van der Waals surface area contributed by atoms with Crippen molar-refractivity contribution in [2.45, 2.75) is 13.0 Å². The molecule has 0 aliphatic carbocycles. The first kappa shape index (κ1) is 15.6. The SMILES string of the molecule is COc1ccccc1OC(C)C(=O)Nc1cccc(I)c1. The molecule has 0 saturated carbocycles. The Balaban J connectivity index is 2.02. The van der Waals surface area contributed by atoms with Gasteiger partial charge in [0.05, 0.1) is 7.11 Å². The number of para-hydroxylation sites is 2. The van der Waals surface area contributed by atoms with Gasteiger partial charge in [-0.1, -0.05) is 18.2 Å². The van der Waals surface area contributed by atoms with Crippen molar-refractivity contribution in [2.75, 3.05) is 12.4 Å². The molecule has 2 rings (SSSR count). The van der Waals surface area contributed by atoms with Gasteiger partial charge in [-0.05, 0) is 59.8 Å². The summed E-state index contributed by atoms with van der Waals surface area (Å²) < 4.78 is 11.9. The van der Waals surface area contributed by atoms with E-state index in [0.29, 0.717) is 11.5 Å². The Morgan fingerprint density at radius 3 is 2.52 bits per heavy atom. The molecule has 0 aliphatic heterocycles. The van der Waals surface area contributed by atoms with Crippen LogP contribution in [0.25, 0.3) is 0 Å². The number of hydrogen-bond acceptors (Lipinski definition) is 3. The summed E-state index contributed by atoms with van der Waals surface area (Å²) in [5, 5.41) is 2.83. The molecule has 0 spiro atoms. The first-order valence-electron chi connectivity index (χ1n) is 6.46. The number of hydrogen-bond donors (Lipinski definition) is 1. The summed E-state index contributed by atoms with van der Waals surface area (Å²) in [7, 11) is 1.57. The first-order chi connectivity index (χ1) is 10.1. The van der Waals surface area contributed by atoms with Gasteiger partial charge >= 0.3 is 0 Å². The van der Waals surface area contributed by atoms with Gasteiger partial charge in [-0.3, -0.25) is 4.79 Å². The third-order valence-corrected chi connectivity index (χ3v) is 3.51. The number of methoxy groups -OCH3 is 1. The molecular weight excluding hydrogens is 381 g/mol. The van der Waals surface area contributed by atoms with Crippen molar-refractivity contribution < 1.29 is 14.3 Å². The maximum Gasteiger partial charge on any atom is 0.265 e. The Bertz CT molecular complexity index is 630. The topological polar surface area (TPSA) is 47.6 Å². The van der Waals surface area contributed by atoms with Crippen molar-refractivity contribution in [1.29, 1.82) is 0 Å². The van der Waals surface area contributed by atoms with Gasteiger partial charge in [0.15, 0.2) is 17.6 Å². The molecule has 1 atom stereocenters. The summed E-state index contributed by atoms with van der Waals surface area (Å²) in [5.41, 5.74) is 0.752. The fraction of sp³-hybridized carbons (Fsp3) is 0.188. The summed E-state index contributed by atoms with van der Waals surface area (Å²) in [6, 6.07) is 14.8. The molecule has 5 heteroatoms. The number of ether oxygens (including phenoxy) is 2. The van der Waals surface area contributed by atoms with Crippen LogP contribution in [0.1, 0.15) is 6.92 Å². The van der Waals surface area contributed by atoms with Crippen LogP contribution in [0.5, 0.6) is 11.5 Å². The van der Waals surface area contributed by atoms with Crippen LogP contribution in [-0.2, 0) is 4.79 Å². The van der Waals surface area contributed by atoms with Crippen LogP contribution in [0, 0.1) is 3.57 Å². The van der Waals surface area contributed by atoms with Crippen molar-refractivity contribution in [3.05, 3.63) is 52.1 Å². The molecule has 21 heavy (non-hydrogen) atoms. The molecule has 0 aromatic heterocycles. The van der Waals surface area contributed by atoms with Gasteiger partial charge in [0.1, 0.15) is 0 Å². The lowest BCUT2D eigenvalue weighted by atomic mass is 10.3. The molecule has 0 fully saturated rings. The summed E-state index contributed by atoms with van der Waals surface area (Å²) in [6.45, 7) is 1.70. The largest absolute Gasteiger partial charge is 0.493 e. The molecule has 4 nitrogen and oxygen atoms in total. The highest BCUT2D eigenvalue weighted by atomic mass is 127. The van der Waals surface area contributed by atoms with Gasteiger partial charge in [-0.25, -0.2) is 0 Å². The second kappa shape index (κ2) is 7.31. The minimum atomic E-state index is -0.626. The van der Waals surface area contributed by atoms with Crippen LogP contribution in [0.4, 0.5) is 5.69 Å². The van der Waals surface area contributed by atoms with E-state index in [4.69, 9.17) is 9.47 Å². The van der Waals surface area contributed by atoms with Gasteiger partial charge in [-0.15, -0.1) is 0 Å². The smallest absolute Gasteiger partial charge is 0.265 e. The summed E-state index contributed by atoms with van der Waals surface area (Å²) in [6.07, 6.45) is -0.626. The van der Waals surface area contributed by atoms with Gasteiger partial charge in [0, 0.05) is 9.26 Å². The average molecular weight is 397 g/mol. The molecular formula is C16H16INO3. The highest BCUT2D eigenvalue weighted by Crippen LogP contribution is 2.27. The molecule has 1 amide bonds. The van der Waals surface area contributed by atoms with Crippen LogP contribution in [0.2, 0.25) is 0 Å². The number of anilines is 1. The third-order valence-electron chi connectivity index (χ3n) is 2.83. The summed E-state index contributed by atoms with van der Waals surface area (Å²) in [4.78, 5) is 12.1. The fourth-order valence-corrected chi connectivity index (χ4v) is 2.31. The number of nitrogens with one attached hydrogen (secondary N) is 1. The fourth-order valence-electron chi connectivity index (χ4n) is 1.77. The van der Waals surface area contributed by atoms with Crippen molar-refractivity contribution in [3.63, 3.8) is 0 Å². The number of rotatable bonds is 5. The zero-order valence-electron chi connectivity index (χ0n) is 11.8. The molecule has 0 aliphatic rings. The Morgan fingerprint density at radius 1 is 1.14 bits per heavy atom. The molecule has 0 radical (unpaired) electrons. The molecule has 0 saturated heterocycles. The lowest BCUT2D eigenvalue weighted by Crippen LogP contribution is -2.30. The second-order valence-corrected chi connectivity index (χ2v) is 5.66. The Morgan fingerprint density at radius 2 is 1.86 bits per heavy atom. The lowest BCUT2D eigenvalue weighted by molar-refractivity contribution is -0.122. The maximum absolute atomic E-state index is 12.1. The van der Waals surface area contributed by atoms with E-state index in [-0.39, 0.29) is 5.91 Å². The summed E-state index contributed by atoms with van der Waals surface area (Å²) >= 11 is 2.20. The Kier molecular flexibility index (Phi) is 5.44. The molecule has 2 aromatic rings. The average Bonchev–Trinajstić information content (AvgIpc) is 2.47. The highest BCUT2D eigenvalue weighted by Gasteiger charge is 2.16. The molecule has 2 aromatic carbocycles. The maximum atomic E-state index is 12.1. The molecule has 110 valence electrons. The van der Waals surface area contributed by atoms with Crippen LogP contribution < -0.4 is 14.8 Å². The van der Waals surface area contributed by atoms with Crippen molar-refractivity contribution >= 4 is 34.2 Å². The second-order valence-electron chi connectivity index (χ2n) is 4.41. The zero-order valence-corrected chi connectivity index (χ0v) is 14.0. The molecule has 1 unspecified atom stereocenters. The van der Waals surface area contributed by atoms with Gasteiger partial charge in [-0.2, -0.15) is 0 Å². The predicted octanol–water partition coefficient (Wildman–Crippen LogP) is 3.71. The van der Waals surface area contributed by atoms with E-state index >= 15 is 0 Å². The minimum absolute atomic E-state index is 0.206. The number of benzene rings is 2. The van der Waals surface area contributed by atoms with Crippen LogP contribution >= 0.6 is 22.6 Å². The molecule has 0 bridgehead atoms.